The second-order valence-electron chi connectivity index (χ2n) is 4.53. The number of carbonyl (C=O) groups excluding carboxylic acids is 1. The molecular weight excluding hydrogens is 299 g/mol. The number of nitrogens with two attached hydrogens (primary N) is 1. The summed E-state index contributed by atoms with van der Waals surface area (Å²) >= 11 is 0. The number of ether oxygens (including phenoxy) is 1. The third-order valence-corrected chi connectivity index (χ3v) is 2.96. The molecule has 0 spiro atoms. The molecule has 0 saturated carbocycles. The molecule has 0 saturated heterocycles. The number of aromatic nitrogens is 3. The first-order valence-electron chi connectivity index (χ1n) is 6.66. The lowest BCUT2D eigenvalue weighted by Gasteiger charge is -2.10. The topological polar surface area (TPSA) is 91.0 Å². The number of hydrogen-bond donors (Lipinski definition) is 1. The smallest absolute Gasteiger partial charge is 0.271 e. The number of hydrogen-bond acceptors (Lipinski definition) is 5. The number of primary amides is 1. The number of nitrogens with zero attached hydrogens (tertiary/aromatic N) is 3. The van der Waals surface area contributed by atoms with Gasteiger partial charge in [-0.25, -0.2) is 4.98 Å². The van der Waals surface area contributed by atoms with Crippen LogP contribution in [0.15, 0.2) is 54.9 Å². The highest BCUT2D eigenvalue weighted by Gasteiger charge is 2.21. The average molecular weight is 310 g/mol. The van der Waals surface area contributed by atoms with Gasteiger partial charge in [0, 0.05) is 18.0 Å². The van der Waals surface area contributed by atoms with Gasteiger partial charge in [0.25, 0.3) is 11.9 Å². The molecule has 1 aromatic carbocycles. The summed E-state index contributed by atoms with van der Waals surface area (Å²) in [5.74, 6) is -1.91. The van der Waals surface area contributed by atoms with Gasteiger partial charge in [-0.05, 0) is 24.3 Å². The van der Waals surface area contributed by atoms with Crippen molar-refractivity contribution in [3.8, 4) is 22.9 Å². The van der Waals surface area contributed by atoms with Crippen molar-refractivity contribution < 1.29 is 13.9 Å². The highest BCUT2D eigenvalue weighted by atomic mass is 19.1. The van der Waals surface area contributed by atoms with E-state index in [1.165, 1.54) is 12.4 Å². The summed E-state index contributed by atoms with van der Waals surface area (Å²) in [5.41, 5.74) is 5.48. The number of benzene rings is 1. The Morgan fingerprint density at radius 2 is 1.74 bits per heavy atom. The Labute approximate surface area is 130 Å². The van der Waals surface area contributed by atoms with Gasteiger partial charge in [-0.1, -0.05) is 18.2 Å². The van der Waals surface area contributed by atoms with Crippen LogP contribution in [0.3, 0.4) is 0 Å². The lowest BCUT2D eigenvalue weighted by atomic mass is 10.2. The molecule has 0 aliphatic rings. The summed E-state index contributed by atoms with van der Waals surface area (Å²) in [6, 6.07) is 11.6. The van der Waals surface area contributed by atoms with Crippen molar-refractivity contribution in [2.45, 2.75) is 0 Å². The normalized spacial score (nSPS) is 10.3. The Bertz CT molecular complexity index is 841. The van der Waals surface area contributed by atoms with Crippen LogP contribution < -0.4 is 10.5 Å². The van der Waals surface area contributed by atoms with Gasteiger partial charge < -0.3 is 10.5 Å². The van der Waals surface area contributed by atoms with Crippen molar-refractivity contribution in [1.82, 2.24) is 15.0 Å². The van der Waals surface area contributed by atoms with Gasteiger partial charge in [0.15, 0.2) is 11.5 Å². The van der Waals surface area contributed by atoms with Gasteiger partial charge in [0.2, 0.25) is 5.75 Å². The predicted octanol–water partition coefficient (Wildman–Crippen LogP) is 2.57. The van der Waals surface area contributed by atoms with E-state index in [9.17, 15) is 9.18 Å². The van der Waals surface area contributed by atoms with E-state index in [0.717, 1.165) is 0 Å². The fraction of sp³-hybridized carbons (Fsp3) is 0. The van der Waals surface area contributed by atoms with E-state index < -0.39 is 17.6 Å². The second kappa shape index (κ2) is 6.18. The molecule has 3 rings (SSSR count). The van der Waals surface area contributed by atoms with Crippen molar-refractivity contribution in [3.05, 3.63) is 66.5 Å². The van der Waals surface area contributed by atoms with Gasteiger partial charge in [0.1, 0.15) is 5.75 Å². The maximum atomic E-state index is 14.3. The molecule has 0 aliphatic carbocycles. The van der Waals surface area contributed by atoms with E-state index in [-0.39, 0.29) is 11.5 Å². The van der Waals surface area contributed by atoms with Crippen LogP contribution >= 0.6 is 0 Å². The van der Waals surface area contributed by atoms with Crippen molar-refractivity contribution in [2.75, 3.05) is 0 Å². The molecule has 0 aliphatic heterocycles. The Hall–Kier alpha value is -3.35. The van der Waals surface area contributed by atoms with E-state index in [2.05, 4.69) is 15.0 Å². The maximum absolute atomic E-state index is 14.3. The number of rotatable bonds is 4. The zero-order valence-corrected chi connectivity index (χ0v) is 11.8. The molecule has 7 heteroatoms. The quantitative estimate of drug-likeness (QED) is 0.748. The van der Waals surface area contributed by atoms with Crippen LogP contribution in [0.2, 0.25) is 0 Å². The minimum Gasteiger partial charge on any atom is -0.450 e. The molecule has 6 nitrogen and oxygen atoms in total. The maximum Gasteiger partial charge on any atom is 0.271 e. The first kappa shape index (κ1) is 14.6. The van der Waals surface area contributed by atoms with E-state index in [1.807, 2.05) is 0 Å². The van der Waals surface area contributed by atoms with Crippen LogP contribution in [-0.2, 0) is 0 Å². The molecule has 0 unspecified atom stereocenters. The molecular formula is C16H11FN4O2. The summed E-state index contributed by atoms with van der Waals surface area (Å²) in [5, 5.41) is 0. The monoisotopic (exact) mass is 310 g/mol. The first-order chi connectivity index (χ1) is 11.1. The van der Waals surface area contributed by atoms with Crippen molar-refractivity contribution in [1.29, 1.82) is 0 Å². The third kappa shape index (κ3) is 3.13. The standard InChI is InChI=1S/C16H11FN4O2/c17-14-13(23-11-4-2-1-3-5-11)12(15(18)22)20-16(21-14)10-6-8-19-9-7-10/h1-9H,(H2,18,22). The number of para-hydroxylation sites is 1. The Morgan fingerprint density at radius 1 is 1.04 bits per heavy atom. The Morgan fingerprint density at radius 3 is 2.39 bits per heavy atom. The van der Waals surface area contributed by atoms with Crippen LogP contribution in [0.25, 0.3) is 11.4 Å². The molecule has 2 aromatic heterocycles. The van der Waals surface area contributed by atoms with Crippen molar-refractivity contribution in [2.24, 2.45) is 5.73 Å². The fourth-order valence-corrected chi connectivity index (χ4v) is 1.92. The van der Waals surface area contributed by atoms with Crippen LogP contribution in [0, 0.1) is 5.95 Å². The highest BCUT2D eigenvalue weighted by Crippen LogP contribution is 2.28. The lowest BCUT2D eigenvalue weighted by molar-refractivity contribution is 0.0992. The average Bonchev–Trinajstić information content (AvgIpc) is 2.58. The van der Waals surface area contributed by atoms with Gasteiger partial charge in [-0.15, -0.1) is 0 Å². The van der Waals surface area contributed by atoms with E-state index in [4.69, 9.17) is 10.5 Å². The molecule has 3 aromatic rings. The molecule has 23 heavy (non-hydrogen) atoms. The number of halogens is 1. The van der Waals surface area contributed by atoms with Crippen LogP contribution in [0.4, 0.5) is 4.39 Å². The minimum absolute atomic E-state index is 0.0270. The minimum atomic E-state index is -0.968. The molecule has 2 heterocycles. The number of carbonyl (C=O) groups is 1. The Kier molecular flexibility index (Phi) is 3.92. The molecule has 114 valence electrons. The van der Waals surface area contributed by atoms with Gasteiger partial charge in [-0.3, -0.25) is 9.78 Å². The summed E-state index contributed by atoms with van der Waals surface area (Å²) < 4.78 is 19.7. The first-order valence-corrected chi connectivity index (χ1v) is 6.66. The van der Waals surface area contributed by atoms with E-state index in [1.54, 1.807) is 42.5 Å². The molecule has 0 atom stereocenters. The van der Waals surface area contributed by atoms with Crippen molar-refractivity contribution >= 4 is 5.91 Å². The largest absolute Gasteiger partial charge is 0.450 e. The lowest BCUT2D eigenvalue weighted by Crippen LogP contribution is -2.17. The zero-order valence-electron chi connectivity index (χ0n) is 11.8. The fourth-order valence-electron chi connectivity index (χ4n) is 1.92. The summed E-state index contributed by atoms with van der Waals surface area (Å²) in [4.78, 5) is 23.2. The van der Waals surface area contributed by atoms with E-state index in [0.29, 0.717) is 11.3 Å². The van der Waals surface area contributed by atoms with Crippen LogP contribution in [0.1, 0.15) is 10.5 Å². The molecule has 2 N–H and O–H groups in total. The van der Waals surface area contributed by atoms with Crippen LogP contribution in [-0.4, -0.2) is 20.9 Å². The molecule has 0 fully saturated rings. The number of pyridine rings is 1. The third-order valence-electron chi connectivity index (χ3n) is 2.96. The van der Waals surface area contributed by atoms with Gasteiger partial charge in [-0.2, -0.15) is 9.37 Å². The zero-order chi connectivity index (χ0) is 16.2. The van der Waals surface area contributed by atoms with Gasteiger partial charge >= 0.3 is 0 Å². The molecule has 0 bridgehead atoms. The number of amides is 1. The van der Waals surface area contributed by atoms with Crippen molar-refractivity contribution in [3.63, 3.8) is 0 Å². The predicted molar refractivity (Wildman–Crippen MR) is 80.3 cm³/mol. The molecule has 1 amide bonds. The summed E-state index contributed by atoms with van der Waals surface area (Å²) in [6.45, 7) is 0. The second-order valence-corrected chi connectivity index (χ2v) is 4.53. The highest BCUT2D eigenvalue weighted by molar-refractivity contribution is 5.94. The Balaban J connectivity index is 2.08. The van der Waals surface area contributed by atoms with E-state index >= 15 is 0 Å². The van der Waals surface area contributed by atoms with Gasteiger partial charge in [0.05, 0.1) is 0 Å². The molecule has 0 radical (unpaired) electrons. The summed E-state index contributed by atoms with van der Waals surface area (Å²) in [6.07, 6.45) is 3.02. The van der Waals surface area contributed by atoms with Crippen LogP contribution in [0.5, 0.6) is 11.5 Å². The summed E-state index contributed by atoms with van der Waals surface area (Å²) in [7, 11) is 0. The SMILES string of the molecule is NC(=O)c1nc(-c2ccncc2)nc(F)c1Oc1ccccc1.